The number of allylic oxidation sites excluding steroid dienone is 3. The normalized spacial score (nSPS) is 33.4. The van der Waals surface area contributed by atoms with Crippen LogP contribution in [0.2, 0.25) is 0 Å². The summed E-state index contributed by atoms with van der Waals surface area (Å²) in [6.45, 7) is 0. The van der Waals surface area contributed by atoms with Crippen LogP contribution in [0.4, 0.5) is 0 Å². The van der Waals surface area contributed by atoms with Gasteiger partial charge < -0.3 is 4.74 Å². The first-order valence-corrected chi connectivity index (χ1v) is 6.78. The van der Waals surface area contributed by atoms with E-state index in [9.17, 15) is 4.79 Å². The summed E-state index contributed by atoms with van der Waals surface area (Å²) in [6.07, 6.45) is 12.0. The average Bonchev–Trinajstić information content (AvgIpc) is 3.20. The quantitative estimate of drug-likeness (QED) is 0.698. The maximum atomic E-state index is 11.8. The van der Waals surface area contributed by atoms with Crippen molar-refractivity contribution in [1.29, 1.82) is 0 Å². The van der Waals surface area contributed by atoms with Gasteiger partial charge in [0.25, 0.3) is 0 Å². The molecule has 2 heteroatoms. The zero-order valence-electron chi connectivity index (χ0n) is 10.4. The van der Waals surface area contributed by atoms with Crippen LogP contribution in [0, 0.1) is 17.8 Å². The van der Waals surface area contributed by atoms with Gasteiger partial charge in [-0.1, -0.05) is 12.2 Å². The highest BCUT2D eigenvalue weighted by Gasteiger charge is 2.35. The molecule has 2 nitrogen and oxygen atoms in total. The lowest BCUT2D eigenvalue weighted by Crippen LogP contribution is -2.14. The molecule has 3 saturated carbocycles. The van der Waals surface area contributed by atoms with Gasteiger partial charge in [0.05, 0.1) is 13.0 Å². The van der Waals surface area contributed by atoms with Gasteiger partial charge in [-0.15, -0.1) is 0 Å². The molecule has 17 heavy (non-hydrogen) atoms. The molecule has 0 spiro atoms. The van der Waals surface area contributed by atoms with Gasteiger partial charge in [-0.3, -0.25) is 4.79 Å². The fraction of sp³-hybridized carbons (Fsp3) is 0.667. The molecule has 0 heterocycles. The van der Waals surface area contributed by atoms with Crippen LogP contribution in [0.1, 0.15) is 38.5 Å². The minimum atomic E-state index is -0.0453. The highest BCUT2D eigenvalue weighted by Crippen LogP contribution is 2.44. The van der Waals surface area contributed by atoms with E-state index in [0.717, 1.165) is 24.7 Å². The van der Waals surface area contributed by atoms with Gasteiger partial charge in [-0.05, 0) is 61.5 Å². The molecule has 92 valence electrons. The summed E-state index contributed by atoms with van der Waals surface area (Å²) in [6, 6.07) is 0. The molecular formula is C15H20O2. The first-order valence-electron chi connectivity index (χ1n) is 6.78. The Bertz CT molecular complexity index is 384. The Morgan fingerprint density at radius 3 is 2.35 bits per heavy atom. The zero-order chi connectivity index (χ0) is 11.8. The Labute approximate surface area is 103 Å². The van der Waals surface area contributed by atoms with Gasteiger partial charge in [0.15, 0.2) is 0 Å². The summed E-state index contributed by atoms with van der Waals surface area (Å²) in [5, 5.41) is 0. The Balaban J connectivity index is 1.83. The highest BCUT2D eigenvalue weighted by molar-refractivity contribution is 5.78. The number of hydrogen-bond acceptors (Lipinski definition) is 2. The van der Waals surface area contributed by atoms with Gasteiger partial charge in [-0.25, -0.2) is 0 Å². The van der Waals surface area contributed by atoms with Crippen LogP contribution in [0.25, 0.3) is 0 Å². The second kappa shape index (κ2) is 4.32. The van der Waals surface area contributed by atoms with Crippen molar-refractivity contribution < 1.29 is 9.53 Å². The molecule has 0 aromatic heterocycles. The summed E-state index contributed by atoms with van der Waals surface area (Å²) in [4.78, 5) is 11.8. The van der Waals surface area contributed by atoms with Crippen LogP contribution in [0.5, 0.6) is 0 Å². The van der Waals surface area contributed by atoms with E-state index < -0.39 is 0 Å². The third-order valence-electron chi connectivity index (χ3n) is 4.03. The fourth-order valence-corrected chi connectivity index (χ4v) is 2.68. The van der Waals surface area contributed by atoms with Crippen molar-refractivity contribution >= 4 is 5.97 Å². The molecule has 0 aliphatic heterocycles. The molecule has 0 bridgehead atoms. The van der Waals surface area contributed by atoms with Crippen LogP contribution in [-0.2, 0) is 9.53 Å². The molecule has 1 atom stereocenters. The van der Waals surface area contributed by atoms with Crippen molar-refractivity contribution in [3.8, 4) is 0 Å². The fourth-order valence-electron chi connectivity index (χ4n) is 2.68. The van der Waals surface area contributed by atoms with E-state index in [1.54, 1.807) is 0 Å². The highest BCUT2D eigenvalue weighted by atomic mass is 16.5. The van der Waals surface area contributed by atoms with Crippen LogP contribution in [0.3, 0.4) is 0 Å². The SMILES string of the molecule is COC(=O)C1CCC(=CC2CC2)C1=CC1CC1. The lowest BCUT2D eigenvalue weighted by Gasteiger charge is -2.10. The Morgan fingerprint density at radius 1 is 1.12 bits per heavy atom. The first kappa shape index (κ1) is 11.1. The molecule has 0 N–H and O–H groups in total. The zero-order valence-corrected chi connectivity index (χ0v) is 10.4. The second-order valence-corrected chi connectivity index (χ2v) is 5.60. The van der Waals surface area contributed by atoms with E-state index in [2.05, 4.69) is 12.2 Å². The van der Waals surface area contributed by atoms with Gasteiger partial charge in [0, 0.05) is 0 Å². The largest absolute Gasteiger partial charge is 0.469 e. The Kier molecular flexibility index (Phi) is 2.81. The molecular weight excluding hydrogens is 212 g/mol. The lowest BCUT2D eigenvalue weighted by molar-refractivity contribution is -0.143. The first-order chi connectivity index (χ1) is 8.28. The van der Waals surface area contributed by atoms with E-state index in [-0.39, 0.29) is 11.9 Å². The summed E-state index contributed by atoms with van der Waals surface area (Å²) in [5.41, 5.74) is 2.74. The summed E-state index contributed by atoms with van der Waals surface area (Å²) in [7, 11) is 1.50. The van der Waals surface area contributed by atoms with Crippen molar-refractivity contribution in [3.63, 3.8) is 0 Å². The number of carbonyl (C=O) groups is 1. The van der Waals surface area contributed by atoms with E-state index >= 15 is 0 Å². The maximum Gasteiger partial charge on any atom is 0.313 e. The Hall–Kier alpha value is -1.05. The number of esters is 1. The molecule has 0 saturated heterocycles. The van der Waals surface area contributed by atoms with Crippen molar-refractivity contribution in [2.24, 2.45) is 17.8 Å². The smallest absolute Gasteiger partial charge is 0.313 e. The number of hydrogen-bond donors (Lipinski definition) is 0. The van der Waals surface area contributed by atoms with Crippen molar-refractivity contribution in [3.05, 3.63) is 23.3 Å². The topological polar surface area (TPSA) is 26.3 Å². The molecule has 0 aromatic rings. The molecule has 1 unspecified atom stereocenters. The number of rotatable bonds is 3. The summed E-state index contributed by atoms with van der Waals surface area (Å²) >= 11 is 0. The summed E-state index contributed by atoms with van der Waals surface area (Å²) < 4.78 is 4.93. The number of methoxy groups -OCH3 is 1. The standard InChI is InChI=1S/C15H20O2/c1-17-15(16)13-7-6-12(8-10-2-3-10)14(13)9-11-4-5-11/h8-11,13H,2-7H2,1H3. The van der Waals surface area contributed by atoms with Crippen LogP contribution in [-0.4, -0.2) is 13.1 Å². The van der Waals surface area contributed by atoms with Gasteiger partial charge in [-0.2, -0.15) is 0 Å². The number of carbonyl (C=O) groups excluding carboxylic acids is 1. The minimum Gasteiger partial charge on any atom is -0.469 e. The van der Waals surface area contributed by atoms with Crippen LogP contribution >= 0.6 is 0 Å². The second-order valence-electron chi connectivity index (χ2n) is 5.60. The van der Waals surface area contributed by atoms with Gasteiger partial charge in [0.2, 0.25) is 0 Å². The van der Waals surface area contributed by atoms with Gasteiger partial charge >= 0.3 is 5.97 Å². The molecule has 3 fully saturated rings. The molecule has 3 aliphatic carbocycles. The van der Waals surface area contributed by atoms with E-state index in [0.29, 0.717) is 0 Å². The molecule has 3 rings (SSSR count). The predicted octanol–water partition coefficient (Wildman–Crippen LogP) is 3.24. The van der Waals surface area contributed by atoms with Crippen molar-refractivity contribution in [2.45, 2.75) is 38.5 Å². The van der Waals surface area contributed by atoms with Crippen molar-refractivity contribution in [2.75, 3.05) is 7.11 Å². The predicted molar refractivity (Wildman–Crippen MR) is 66.4 cm³/mol. The van der Waals surface area contributed by atoms with E-state index in [4.69, 9.17) is 4.74 Å². The monoisotopic (exact) mass is 232 g/mol. The van der Waals surface area contributed by atoms with Crippen LogP contribution in [0.15, 0.2) is 23.3 Å². The molecule has 3 aliphatic rings. The number of ether oxygens (including phenoxy) is 1. The third-order valence-corrected chi connectivity index (χ3v) is 4.03. The van der Waals surface area contributed by atoms with Crippen LogP contribution < -0.4 is 0 Å². The average molecular weight is 232 g/mol. The third kappa shape index (κ3) is 2.46. The van der Waals surface area contributed by atoms with Crippen molar-refractivity contribution in [1.82, 2.24) is 0 Å². The van der Waals surface area contributed by atoms with E-state index in [1.165, 1.54) is 43.9 Å². The minimum absolute atomic E-state index is 0.0191. The van der Waals surface area contributed by atoms with E-state index in [1.807, 2.05) is 0 Å². The Morgan fingerprint density at radius 2 is 1.76 bits per heavy atom. The lowest BCUT2D eigenvalue weighted by atomic mass is 9.98. The maximum absolute atomic E-state index is 11.8. The molecule has 0 aromatic carbocycles. The molecule has 0 amide bonds. The summed E-state index contributed by atoms with van der Waals surface area (Å²) in [5.74, 6) is 1.50. The molecule has 0 radical (unpaired) electrons. The van der Waals surface area contributed by atoms with Gasteiger partial charge in [0.1, 0.15) is 0 Å².